The number of rotatable bonds is 3. The maximum absolute atomic E-state index is 13.0. The van der Waals surface area contributed by atoms with Gasteiger partial charge in [0.05, 0.1) is 12.0 Å². The van der Waals surface area contributed by atoms with Crippen LogP contribution >= 0.6 is 0 Å². The summed E-state index contributed by atoms with van der Waals surface area (Å²) in [6.07, 6.45) is -1.27. The highest BCUT2D eigenvalue weighted by molar-refractivity contribution is 5.92. The second kappa shape index (κ2) is 9.12. The lowest BCUT2D eigenvalue weighted by Gasteiger charge is -2.37. The van der Waals surface area contributed by atoms with Gasteiger partial charge in [-0.2, -0.15) is 0 Å². The average molecular weight is 422 g/mol. The number of ketones is 1. The summed E-state index contributed by atoms with van der Waals surface area (Å²) in [5.41, 5.74) is -1.19. The van der Waals surface area contributed by atoms with E-state index in [1.165, 1.54) is 13.8 Å². The number of Topliss-reactive ketones (excluding diaryl/α,β-unsaturated/α-hetero) is 1. The third-order valence-electron chi connectivity index (χ3n) is 5.94. The second-order valence-corrected chi connectivity index (χ2v) is 8.35. The lowest BCUT2D eigenvalue weighted by Crippen LogP contribution is -2.49. The molecule has 1 saturated heterocycles. The molecular formula is C22H30O8. The van der Waals surface area contributed by atoms with Crippen LogP contribution in [0.1, 0.15) is 53.9 Å². The number of allylic oxidation sites excluding steroid dienone is 1. The molecule has 166 valence electrons. The summed E-state index contributed by atoms with van der Waals surface area (Å²) < 4.78 is 16.5. The van der Waals surface area contributed by atoms with Gasteiger partial charge in [-0.05, 0) is 33.1 Å². The average Bonchev–Trinajstić information content (AvgIpc) is 2.92. The van der Waals surface area contributed by atoms with E-state index in [0.717, 1.165) is 0 Å². The van der Waals surface area contributed by atoms with Crippen molar-refractivity contribution in [1.82, 2.24) is 0 Å². The van der Waals surface area contributed by atoms with Crippen LogP contribution in [0.15, 0.2) is 23.8 Å². The van der Waals surface area contributed by atoms with Gasteiger partial charge in [-0.1, -0.05) is 19.6 Å². The molecule has 0 amide bonds. The quantitative estimate of drug-likeness (QED) is 0.417. The molecule has 0 aromatic rings. The second-order valence-electron chi connectivity index (χ2n) is 8.35. The molecule has 1 aliphatic heterocycles. The molecule has 0 aromatic carbocycles. The Morgan fingerprint density at radius 2 is 1.93 bits per heavy atom. The maximum Gasteiger partial charge on any atom is 0.334 e. The van der Waals surface area contributed by atoms with Gasteiger partial charge in [0.2, 0.25) is 0 Å². The number of ether oxygens (including phenoxy) is 3. The largest absolute Gasteiger partial charge is 0.458 e. The Kier molecular flexibility index (Phi) is 7.23. The molecule has 1 saturated carbocycles. The van der Waals surface area contributed by atoms with Crippen molar-refractivity contribution >= 4 is 23.7 Å². The highest BCUT2D eigenvalue weighted by Gasteiger charge is 2.51. The summed E-state index contributed by atoms with van der Waals surface area (Å²) in [6, 6.07) is 0. The Hall–Kier alpha value is -2.48. The monoisotopic (exact) mass is 422 g/mol. The minimum atomic E-state index is -1.66. The summed E-state index contributed by atoms with van der Waals surface area (Å²) in [6.45, 7) is 11.4. The lowest BCUT2D eigenvalue weighted by molar-refractivity contribution is -0.174. The number of hydrogen-bond acceptors (Lipinski definition) is 8. The van der Waals surface area contributed by atoms with E-state index in [4.69, 9.17) is 14.2 Å². The number of hydrogen-bond donors (Lipinski definition) is 1. The number of carbonyl (C=O) groups excluding carboxylic acids is 4. The number of esters is 3. The Morgan fingerprint density at radius 3 is 2.50 bits per heavy atom. The molecule has 8 heteroatoms. The predicted octanol–water partition coefficient (Wildman–Crippen LogP) is 2.03. The smallest absolute Gasteiger partial charge is 0.334 e. The zero-order valence-corrected chi connectivity index (χ0v) is 18.1. The molecule has 0 unspecified atom stereocenters. The zero-order chi connectivity index (χ0) is 22.8. The van der Waals surface area contributed by atoms with Gasteiger partial charge in [-0.15, -0.1) is 0 Å². The highest BCUT2D eigenvalue weighted by Crippen LogP contribution is 2.40. The van der Waals surface area contributed by atoms with Crippen LogP contribution < -0.4 is 0 Å². The molecule has 2 fully saturated rings. The third kappa shape index (κ3) is 4.98. The molecule has 1 heterocycles. The van der Waals surface area contributed by atoms with E-state index in [0.29, 0.717) is 5.57 Å². The van der Waals surface area contributed by atoms with E-state index in [2.05, 4.69) is 6.58 Å². The fourth-order valence-corrected chi connectivity index (χ4v) is 3.94. The van der Waals surface area contributed by atoms with Crippen LogP contribution in [0.2, 0.25) is 0 Å². The fourth-order valence-electron chi connectivity index (χ4n) is 3.94. The molecule has 8 nitrogen and oxygen atoms in total. The van der Waals surface area contributed by atoms with Gasteiger partial charge >= 0.3 is 17.9 Å². The van der Waals surface area contributed by atoms with Crippen molar-refractivity contribution in [3.05, 3.63) is 23.8 Å². The minimum Gasteiger partial charge on any atom is -0.458 e. The van der Waals surface area contributed by atoms with Crippen LogP contribution in [0.4, 0.5) is 0 Å². The van der Waals surface area contributed by atoms with Crippen molar-refractivity contribution in [2.75, 3.05) is 0 Å². The predicted molar refractivity (Wildman–Crippen MR) is 106 cm³/mol. The van der Waals surface area contributed by atoms with Crippen molar-refractivity contribution in [3.63, 3.8) is 0 Å². The summed E-state index contributed by atoms with van der Waals surface area (Å²) in [5.74, 6) is -3.54. The van der Waals surface area contributed by atoms with Crippen LogP contribution in [0.25, 0.3) is 0 Å². The number of aliphatic hydroxyl groups is 1. The summed E-state index contributed by atoms with van der Waals surface area (Å²) >= 11 is 0. The first kappa shape index (κ1) is 23.8. The van der Waals surface area contributed by atoms with Crippen LogP contribution in [-0.4, -0.2) is 52.7 Å². The first-order chi connectivity index (χ1) is 13.9. The van der Waals surface area contributed by atoms with Crippen molar-refractivity contribution in [2.24, 2.45) is 11.8 Å². The minimum absolute atomic E-state index is 0.121. The molecule has 1 aliphatic carbocycles. The van der Waals surface area contributed by atoms with Gasteiger partial charge in [0, 0.05) is 30.9 Å². The topological polar surface area (TPSA) is 116 Å². The van der Waals surface area contributed by atoms with Crippen LogP contribution in [0.5, 0.6) is 0 Å². The molecule has 0 spiro atoms. The standard InChI is InChI=1S/C22H30O8/c1-7-11(2)20(26)29-17-10-22(6,30-14(5)23)18(25)9-15(24)12(3)8-16-19(17)13(4)21(27)28-16/h7,12,15-17,19,24H,4,8-10H2,1-3,5-6H3/b11-7-/t12-,15+,16-,17+,19-,22-/m0/s1. The Labute approximate surface area is 176 Å². The van der Waals surface area contributed by atoms with Crippen molar-refractivity contribution < 1.29 is 38.5 Å². The molecule has 0 bridgehead atoms. The number of carbonyl (C=O) groups is 4. The summed E-state index contributed by atoms with van der Waals surface area (Å²) in [5, 5.41) is 10.5. The van der Waals surface area contributed by atoms with E-state index < -0.39 is 59.4 Å². The Morgan fingerprint density at radius 1 is 1.30 bits per heavy atom. The van der Waals surface area contributed by atoms with E-state index in [-0.39, 0.29) is 24.8 Å². The number of aliphatic hydroxyl groups excluding tert-OH is 1. The van der Waals surface area contributed by atoms with Crippen LogP contribution in [0.3, 0.4) is 0 Å². The normalized spacial score (nSPS) is 35.3. The molecule has 30 heavy (non-hydrogen) atoms. The van der Waals surface area contributed by atoms with Crippen LogP contribution in [-0.2, 0) is 33.4 Å². The van der Waals surface area contributed by atoms with Gasteiger partial charge in [-0.3, -0.25) is 9.59 Å². The van der Waals surface area contributed by atoms with Crippen molar-refractivity contribution in [2.45, 2.75) is 77.8 Å². The molecule has 2 aliphatic rings. The van der Waals surface area contributed by atoms with Crippen molar-refractivity contribution in [3.8, 4) is 0 Å². The van der Waals surface area contributed by atoms with E-state index in [1.807, 2.05) is 0 Å². The van der Waals surface area contributed by atoms with E-state index >= 15 is 0 Å². The summed E-state index contributed by atoms with van der Waals surface area (Å²) in [4.78, 5) is 49.5. The SMILES string of the molecule is C=C1C(=O)O[C@H]2C[C@H](C)[C@H](O)CC(=O)[C@@](C)(OC(C)=O)C[C@@H](OC(=O)/C(C)=C\C)[C@@H]12. The Balaban J connectivity index is 2.54. The molecule has 1 N–H and O–H groups in total. The maximum atomic E-state index is 13.0. The lowest BCUT2D eigenvalue weighted by atomic mass is 9.76. The van der Waals surface area contributed by atoms with E-state index in [1.54, 1.807) is 26.8 Å². The van der Waals surface area contributed by atoms with Gasteiger partial charge in [0.25, 0.3) is 0 Å². The zero-order valence-electron chi connectivity index (χ0n) is 18.1. The first-order valence-corrected chi connectivity index (χ1v) is 10.0. The first-order valence-electron chi connectivity index (χ1n) is 10.0. The Bertz CT molecular complexity index is 782. The fraction of sp³-hybridized carbons (Fsp3) is 0.636. The summed E-state index contributed by atoms with van der Waals surface area (Å²) in [7, 11) is 0. The molecular weight excluding hydrogens is 392 g/mol. The van der Waals surface area contributed by atoms with E-state index in [9.17, 15) is 24.3 Å². The number of fused-ring (bicyclic) bond motifs is 1. The van der Waals surface area contributed by atoms with Crippen LogP contribution in [0, 0.1) is 11.8 Å². The van der Waals surface area contributed by atoms with Gasteiger partial charge < -0.3 is 19.3 Å². The molecule has 0 radical (unpaired) electrons. The molecule has 2 rings (SSSR count). The molecule has 0 aromatic heterocycles. The van der Waals surface area contributed by atoms with Gasteiger partial charge in [0.1, 0.15) is 12.2 Å². The third-order valence-corrected chi connectivity index (χ3v) is 5.94. The van der Waals surface area contributed by atoms with Gasteiger partial charge in [-0.25, -0.2) is 9.59 Å². The molecule has 6 atom stereocenters. The van der Waals surface area contributed by atoms with Crippen molar-refractivity contribution in [1.29, 1.82) is 0 Å². The highest BCUT2D eigenvalue weighted by atomic mass is 16.6. The van der Waals surface area contributed by atoms with Gasteiger partial charge in [0.15, 0.2) is 11.4 Å².